The van der Waals surface area contributed by atoms with Crippen molar-refractivity contribution in [3.05, 3.63) is 0 Å². The lowest BCUT2D eigenvalue weighted by molar-refractivity contribution is -0.130. The number of carbonyl (C=O) groups is 1. The van der Waals surface area contributed by atoms with E-state index in [-0.39, 0.29) is 12.5 Å². The summed E-state index contributed by atoms with van der Waals surface area (Å²) in [6.07, 6.45) is 6.05. The van der Waals surface area contributed by atoms with Gasteiger partial charge in [0.25, 0.3) is 0 Å². The van der Waals surface area contributed by atoms with Crippen LogP contribution in [0.15, 0.2) is 0 Å². The Balaban J connectivity index is 2.04. The zero-order valence-electron chi connectivity index (χ0n) is 11.0. The molecule has 4 heteroatoms. The predicted octanol–water partition coefficient (Wildman–Crippen LogP) is 1.09. The molecule has 1 heterocycles. The molecule has 17 heavy (non-hydrogen) atoms. The maximum absolute atomic E-state index is 11.8. The van der Waals surface area contributed by atoms with Gasteiger partial charge in [-0.15, -0.1) is 0 Å². The van der Waals surface area contributed by atoms with E-state index in [1.807, 2.05) is 11.9 Å². The molecule has 0 saturated carbocycles. The largest absolute Gasteiger partial charge is 0.396 e. The number of amides is 1. The Morgan fingerprint density at radius 3 is 2.59 bits per heavy atom. The molecule has 1 saturated heterocycles. The third kappa shape index (κ3) is 6.03. The molecule has 0 bridgehead atoms. The van der Waals surface area contributed by atoms with Gasteiger partial charge in [-0.25, -0.2) is 0 Å². The molecular formula is C13H26N2O2. The molecule has 0 aliphatic carbocycles. The molecule has 1 aliphatic rings. The normalized spacial score (nSPS) is 16.4. The lowest BCUT2D eigenvalue weighted by Crippen LogP contribution is -2.31. The van der Waals surface area contributed by atoms with Crippen molar-refractivity contribution in [2.45, 2.75) is 38.5 Å². The van der Waals surface area contributed by atoms with E-state index in [1.165, 1.54) is 12.8 Å². The van der Waals surface area contributed by atoms with Crippen molar-refractivity contribution < 1.29 is 9.90 Å². The van der Waals surface area contributed by atoms with Crippen molar-refractivity contribution in [2.24, 2.45) is 0 Å². The molecular weight excluding hydrogens is 216 g/mol. The molecule has 0 spiro atoms. The van der Waals surface area contributed by atoms with Crippen molar-refractivity contribution in [3.8, 4) is 0 Å². The summed E-state index contributed by atoms with van der Waals surface area (Å²) in [7, 11) is 1.88. The van der Waals surface area contributed by atoms with Gasteiger partial charge in [0.1, 0.15) is 0 Å². The molecule has 1 rings (SSSR count). The second-order valence-electron chi connectivity index (χ2n) is 4.90. The fourth-order valence-corrected chi connectivity index (χ4v) is 2.21. The van der Waals surface area contributed by atoms with Crippen molar-refractivity contribution in [3.63, 3.8) is 0 Å². The third-order valence-corrected chi connectivity index (χ3v) is 3.42. The number of aliphatic hydroxyl groups is 1. The monoisotopic (exact) mass is 242 g/mol. The molecule has 4 nitrogen and oxygen atoms in total. The number of likely N-dealkylation sites (tertiary alicyclic amines) is 1. The van der Waals surface area contributed by atoms with Crippen molar-refractivity contribution in [1.82, 2.24) is 9.80 Å². The van der Waals surface area contributed by atoms with Crippen LogP contribution in [0.4, 0.5) is 0 Å². The summed E-state index contributed by atoms with van der Waals surface area (Å²) in [6, 6.07) is 0. The van der Waals surface area contributed by atoms with Gasteiger partial charge in [-0.2, -0.15) is 0 Å². The topological polar surface area (TPSA) is 43.8 Å². The SMILES string of the molecule is CN(CCCCCO)C(=O)CCN1CCCC1. The van der Waals surface area contributed by atoms with E-state index in [1.54, 1.807) is 0 Å². The molecule has 1 fully saturated rings. The first kappa shape index (κ1) is 14.5. The van der Waals surface area contributed by atoms with Gasteiger partial charge < -0.3 is 14.9 Å². The minimum Gasteiger partial charge on any atom is -0.396 e. The minimum atomic E-state index is 0.251. The van der Waals surface area contributed by atoms with Gasteiger partial charge >= 0.3 is 0 Å². The molecule has 1 amide bonds. The second kappa shape index (κ2) is 8.48. The van der Waals surface area contributed by atoms with E-state index < -0.39 is 0 Å². The average molecular weight is 242 g/mol. The van der Waals surface area contributed by atoms with E-state index in [9.17, 15) is 4.79 Å². The van der Waals surface area contributed by atoms with Gasteiger partial charge in [0, 0.05) is 33.2 Å². The van der Waals surface area contributed by atoms with Gasteiger partial charge in [-0.3, -0.25) is 4.79 Å². The Kier molecular flexibility index (Phi) is 7.21. The number of unbranched alkanes of at least 4 members (excludes halogenated alkanes) is 2. The first-order valence-electron chi connectivity index (χ1n) is 6.81. The van der Waals surface area contributed by atoms with Crippen molar-refractivity contribution >= 4 is 5.91 Å². The molecule has 0 aromatic rings. The van der Waals surface area contributed by atoms with Crippen LogP contribution in [0, 0.1) is 0 Å². The van der Waals surface area contributed by atoms with Crippen LogP contribution in [0.2, 0.25) is 0 Å². The van der Waals surface area contributed by atoms with E-state index >= 15 is 0 Å². The lowest BCUT2D eigenvalue weighted by Gasteiger charge is -2.19. The molecule has 0 aromatic heterocycles. The summed E-state index contributed by atoms with van der Waals surface area (Å²) in [6.45, 7) is 4.31. The number of hydrogen-bond donors (Lipinski definition) is 1. The highest BCUT2D eigenvalue weighted by Gasteiger charge is 2.14. The van der Waals surface area contributed by atoms with Crippen LogP contribution in [0.1, 0.15) is 38.5 Å². The maximum atomic E-state index is 11.8. The highest BCUT2D eigenvalue weighted by molar-refractivity contribution is 5.76. The fourth-order valence-electron chi connectivity index (χ4n) is 2.21. The Morgan fingerprint density at radius 2 is 1.94 bits per heavy atom. The highest BCUT2D eigenvalue weighted by atomic mass is 16.2. The quantitative estimate of drug-likeness (QED) is 0.648. The molecule has 0 atom stereocenters. The van der Waals surface area contributed by atoms with Crippen LogP contribution in [-0.2, 0) is 4.79 Å². The molecule has 0 aromatic carbocycles. The van der Waals surface area contributed by atoms with E-state index in [2.05, 4.69) is 4.90 Å². The standard InChI is InChI=1S/C13H26N2O2/c1-14(8-3-2-6-12-16)13(17)7-11-15-9-4-5-10-15/h16H,2-12H2,1H3. The van der Waals surface area contributed by atoms with Crippen LogP contribution >= 0.6 is 0 Å². The Bertz CT molecular complexity index is 215. The van der Waals surface area contributed by atoms with Crippen molar-refractivity contribution in [1.29, 1.82) is 0 Å². The van der Waals surface area contributed by atoms with Crippen LogP contribution in [0.25, 0.3) is 0 Å². The number of hydrogen-bond acceptors (Lipinski definition) is 3. The summed E-state index contributed by atoms with van der Waals surface area (Å²) < 4.78 is 0. The molecule has 0 unspecified atom stereocenters. The lowest BCUT2D eigenvalue weighted by atomic mass is 10.2. The number of nitrogens with zero attached hydrogens (tertiary/aromatic N) is 2. The van der Waals surface area contributed by atoms with Crippen LogP contribution in [0.3, 0.4) is 0 Å². The molecule has 1 aliphatic heterocycles. The van der Waals surface area contributed by atoms with Crippen LogP contribution < -0.4 is 0 Å². The third-order valence-electron chi connectivity index (χ3n) is 3.42. The fraction of sp³-hybridized carbons (Fsp3) is 0.923. The molecule has 100 valence electrons. The second-order valence-corrected chi connectivity index (χ2v) is 4.90. The number of aliphatic hydroxyl groups excluding tert-OH is 1. The van der Waals surface area contributed by atoms with Gasteiger partial charge in [0.15, 0.2) is 0 Å². The van der Waals surface area contributed by atoms with E-state index in [0.717, 1.165) is 45.4 Å². The Labute approximate surface area is 105 Å². The maximum Gasteiger partial charge on any atom is 0.223 e. The summed E-state index contributed by atoms with van der Waals surface area (Å²) in [5.41, 5.74) is 0. The van der Waals surface area contributed by atoms with Gasteiger partial charge in [-0.1, -0.05) is 0 Å². The first-order chi connectivity index (χ1) is 8.24. The summed E-state index contributed by atoms with van der Waals surface area (Å²) in [5.74, 6) is 0.251. The Morgan fingerprint density at radius 1 is 1.24 bits per heavy atom. The first-order valence-corrected chi connectivity index (χ1v) is 6.81. The predicted molar refractivity (Wildman–Crippen MR) is 68.9 cm³/mol. The van der Waals surface area contributed by atoms with Gasteiger partial charge in [-0.05, 0) is 45.2 Å². The highest BCUT2D eigenvalue weighted by Crippen LogP contribution is 2.08. The smallest absolute Gasteiger partial charge is 0.223 e. The summed E-state index contributed by atoms with van der Waals surface area (Å²) >= 11 is 0. The number of rotatable bonds is 8. The van der Waals surface area contributed by atoms with E-state index in [4.69, 9.17) is 5.11 Å². The van der Waals surface area contributed by atoms with Crippen LogP contribution in [-0.4, -0.2) is 60.6 Å². The molecule has 0 radical (unpaired) electrons. The van der Waals surface area contributed by atoms with Crippen molar-refractivity contribution in [2.75, 3.05) is 39.8 Å². The molecule has 1 N–H and O–H groups in total. The number of carbonyl (C=O) groups excluding carboxylic acids is 1. The Hall–Kier alpha value is -0.610. The van der Waals surface area contributed by atoms with Crippen LogP contribution in [0.5, 0.6) is 0 Å². The summed E-state index contributed by atoms with van der Waals surface area (Å²) in [5, 5.41) is 8.66. The van der Waals surface area contributed by atoms with Gasteiger partial charge in [0.2, 0.25) is 5.91 Å². The minimum absolute atomic E-state index is 0.251. The van der Waals surface area contributed by atoms with E-state index in [0.29, 0.717) is 6.42 Å². The zero-order valence-corrected chi connectivity index (χ0v) is 11.0. The average Bonchev–Trinajstić information content (AvgIpc) is 2.84. The summed E-state index contributed by atoms with van der Waals surface area (Å²) in [4.78, 5) is 16.0. The zero-order chi connectivity index (χ0) is 12.5. The van der Waals surface area contributed by atoms with Gasteiger partial charge in [0.05, 0.1) is 0 Å².